The SMILES string of the molecule is Oc1cccc2ccc(Cc3ccccn3)nc12. The van der Waals surface area contributed by atoms with Gasteiger partial charge in [0.1, 0.15) is 11.3 Å². The van der Waals surface area contributed by atoms with E-state index < -0.39 is 0 Å². The second kappa shape index (κ2) is 4.45. The second-order valence-corrected chi connectivity index (χ2v) is 4.15. The van der Waals surface area contributed by atoms with Gasteiger partial charge in [-0.2, -0.15) is 0 Å². The van der Waals surface area contributed by atoms with E-state index in [1.54, 1.807) is 12.3 Å². The average molecular weight is 236 g/mol. The predicted octanol–water partition coefficient (Wildman–Crippen LogP) is 2.93. The van der Waals surface area contributed by atoms with Crippen molar-refractivity contribution in [1.82, 2.24) is 9.97 Å². The maximum atomic E-state index is 9.78. The molecule has 0 aliphatic heterocycles. The van der Waals surface area contributed by atoms with E-state index in [-0.39, 0.29) is 5.75 Å². The van der Waals surface area contributed by atoms with Gasteiger partial charge in [0, 0.05) is 29.4 Å². The first-order chi connectivity index (χ1) is 8.83. The van der Waals surface area contributed by atoms with Crippen LogP contribution < -0.4 is 0 Å². The lowest BCUT2D eigenvalue weighted by molar-refractivity contribution is 0.480. The third-order valence-corrected chi connectivity index (χ3v) is 2.85. The lowest BCUT2D eigenvalue weighted by Gasteiger charge is -2.04. The lowest BCUT2D eigenvalue weighted by atomic mass is 10.1. The van der Waals surface area contributed by atoms with Crippen LogP contribution in [0.2, 0.25) is 0 Å². The Morgan fingerprint density at radius 1 is 0.889 bits per heavy atom. The third-order valence-electron chi connectivity index (χ3n) is 2.85. The van der Waals surface area contributed by atoms with Crippen LogP contribution in [0.15, 0.2) is 54.7 Å². The number of benzene rings is 1. The van der Waals surface area contributed by atoms with E-state index in [0.717, 1.165) is 16.8 Å². The molecule has 0 aliphatic rings. The zero-order chi connectivity index (χ0) is 12.4. The molecular weight excluding hydrogens is 224 g/mol. The van der Waals surface area contributed by atoms with E-state index in [1.807, 2.05) is 42.5 Å². The number of rotatable bonds is 2. The van der Waals surface area contributed by atoms with Crippen LogP contribution in [0.4, 0.5) is 0 Å². The lowest BCUT2D eigenvalue weighted by Crippen LogP contribution is -1.94. The molecule has 0 unspecified atom stereocenters. The van der Waals surface area contributed by atoms with Crippen molar-refractivity contribution in [3.8, 4) is 5.75 Å². The van der Waals surface area contributed by atoms with Crippen molar-refractivity contribution in [3.05, 3.63) is 66.1 Å². The van der Waals surface area contributed by atoms with Gasteiger partial charge in [0.2, 0.25) is 0 Å². The van der Waals surface area contributed by atoms with Gasteiger partial charge < -0.3 is 5.11 Å². The largest absolute Gasteiger partial charge is 0.506 e. The quantitative estimate of drug-likeness (QED) is 0.744. The Morgan fingerprint density at radius 2 is 1.83 bits per heavy atom. The molecule has 0 fully saturated rings. The van der Waals surface area contributed by atoms with Gasteiger partial charge in [0.15, 0.2) is 0 Å². The van der Waals surface area contributed by atoms with Crippen LogP contribution in [-0.4, -0.2) is 15.1 Å². The topological polar surface area (TPSA) is 46.0 Å². The Kier molecular flexibility index (Phi) is 2.65. The summed E-state index contributed by atoms with van der Waals surface area (Å²) in [6.45, 7) is 0. The molecule has 0 aliphatic carbocycles. The molecule has 1 aromatic carbocycles. The van der Waals surface area contributed by atoms with Crippen molar-refractivity contribution in [3.63, 3.8) is 0 Å². The summed E-state index contributed by atoms with van der Waals surface area (Å²) in [6.07, 6.45) is 2.44. The summed E-state index contributed by atoms with van der Waals surface area (Å²) >= 11 is 0. The third kappa shape index (κ3) is 2.02. The molecule has 3 rings (SSSR count). The summed E-state index contributed by atoms with van der Waals surface area (Å²) in [5.74, 6) is 0.218. The number of para-hydroxylation sites is 1. The van der Waals surface area contributed by atoms with E-state index in [1.165, 1.54) is 0 Å². The van der Waals surface area contributed by atoms with Crippen LogP contribution in [0.1, 0.15) is 11.4 Å². The zero-order valence-electron chi connectivity index (χ0n) is 9.74. The molecule has 0 spiro atoms. The van der Waals surface area contributed by atoms with Crippen molar-refractivity contribution in [1.29, 1.82) is 0 Å². The summed E-state index contributed by atoms with van der Waals surface area (Å²) in [4.78, 5) is 8.75. The number of pyridine rings is 2. The van der Waals surface area contributed by atoms with Gasteiger partial charge in [0.05, 0.1) is 0 Å². The van der Waals surface area contributed by atoms with Gasteiger partial charge in [-0.05, 0) is 24.3 Å². The van der Waals surface area contributed by atoms with Crippen LogP contribution in [0, 0.1) is 0 Å². The first kappa shape index (κ1) is 10.7. The van der Waals surface area contributed by atoms with E-state index in [0.29, 0.717) is 11.9 Å². The number of aromatic nitrogens is 2. The molecule has 0 amide bonds. The summed E-state index contributed by atoms with van der Waals surface area (Å²) in [5.41, 5.74) is 2.52. The van der Waals surface area contributed by atoms with Gasteiger partial charge in [-0.25, -0.2) is 4.98 Å². The highest BCUT2D eigenvalue weighted by molar-refractivity contribution is 5.84. The number of nitrogens with zero attached hydrogens (tertiary/aromatic N) is 2. The van der Waals surface area contributed by atoms with Crippen LogP contribution in [0.3, 0.4) is 0 Å². The Balaban J connectivity index is 2.01. The molecule has 88 valence electrons. The van der Waals surface area contributed by atoms with Gasteiger partial charge in [-0.1, -0.05) is 24.3 Å². The van der Waals surface area contributed by atoms with Crippen LogP contribution in [0.25, 0.3) is 10.9 Å². The van der Waals surface area contributed by atoms with Crippen LogP contribution in [0.5, 0.6) is 5.75 Å². The summed E-state index contributed by atoms with van der Waals surface area (Å²) in [5, 5.41) is 10.7. The number of aromatic hydroxyl groups is 1. The number of hydrogen-bond acceptors (Lipinski definition) is 3. The molecule has 3 aromatic rings. The molecule has 3 nitrogen and oxygen atoms in total. The number of phenols is 1. The highest BCUT2D eigenvalue weighted by Gasteiger charge is 2.03. The normalized spacial score (nSPS) is 10.7. The fraction of sp³-hybridized carbons (Fsp3) is 0.0667. The number of fused-ring (bicyclic) bond motifs is 1. The molecule has 1 N–H and O–H groups in total. The van der Waals surface area contributed by atoms with Gasteiger partial charge >= 0.3 is 0 Å². The standard InChI is InChI=1S/C15H12N2O/c18-14-6-3-4-11-7-8-13(17-15(11)14)10-12-5-1-2-9-16-12/h1-9,18H,10H2. The van der Waals surface area contributed by atoms with E-state index >= 15 is 0 Å². The second-order valence-electron chi connectivity index (χ2n) is 4.15. The Labute approximate surface area is 105 Å². The van der Waals surface area contributed by atoms with Crippen molar-refractivity contribution < 1.29 is 5.11 Å². The van der Waals surface area contributed by atoms with Crippen molar-refractivity contribution >= 4 is 10.9 Å². The molecule has 0 bridgehead atoms. The highest BCUT2D eigenvalue weighted by Crippen LogP contribution is 2.22. The molecule has 3 heteroatoms. The van der Waals surface area contributed by atoms with Crippen molar-refractivity contribution in [2.75, 3.05) is 0 Å². The minimum absolute atomic E-state index is 0.218. The smallest absolute Gasteiger partial charge is 0.141 e. The molecular formula is C15H12N2O. The Morgan fingerprint density at radius 3 is 2.67 bits per heavy atom. The molecule has 0 saturated heterocycles. The first-order valence-corrected chi connectivity index (χ1v) is 5.80. The van der Waals surface area contributed by atoms with E-state index in [2.05, 4.69) is 9.97 Å². The molecule has 2 aromatic heterocycles. The van der Waals surface area contributed by atoms with Crippen LogP contribution >= 0.6 is 0 Å². The Bertz CT molecular complexity index is 680. The fourth-order valence-corrected chi connectivity index (χ4v) is 1.96. The summed E-state index contributed by atoms with van der Waals surface area (Å²) in [6, 6.07) is 15.2. The van der Waals surface area contributed by atoms with Crippen molar-refractivity contribution in [2.45, 2.75) is 6.42 Å². The molecule has 0 atom stereocenters. The summed E-state index contributed by atoms with van der Waals surface area (Å²) in [7, 11) is 0. The maximum absolute atomic E-state index is 9.78. The van der Waals surface area contributed by atoms with Gasteiger partial charge in [-0.15, -0.1) is 0 Å². The average Bonchev–Trinajstić information content (AvgIpc) is 2.41. The Hall–Kier alpha value is -2.42. The molecule has 0 radical (unpaired) electrons. The van der Waals surface area contributed by atoms with E-state index in [9.17, 15) is 5.11 Å². The minimum atomic E-state index is 0.218. The number of phenolic OH excluding ortho intramolecular Hbond substituents is 1. The van der Waals surface area contributed by atoms with Gasteiger partial charge in [-0.3, -0.25) is 4.98 Å². The first-order valence-electron chi connectivity index (χ1n) is 5.80. The van der Waals surface area contributed by atoms with Gasteiger partial charge in [0.25, 0.3) is 0 Å². The fourth-order valence-electron chi connectivity index (χ4n) is 1.96. The van der Waals surface area contributed by atoms with Crippen molar-refractivity contribution in [2.24, 2.45) is 0 Å². The zero-order valence-corrected chi connectivity index (χ0v) is 9.74. The minimum Gasteiger partial charge on any atom is -0.506 e. The highest BCUT2D eigenvalue weighted by atomic mass is 16.3. The van der Waals surface area contributed by atoms with E-state index in [4.69, 9.17) is 0 Å². The van der Waals surface area contributed by atoms with Crippen LogP contribution in [-0.2, 0) is 6.42 Å². The molecule has 2 heterocycles. The molecule has 0 saturated carbocycles. The summed E-state index contributed by atoms with van der Waals surface area (Å²) < 4.78 is 0. The predicted molar refractivity (Wildman–Crippen MR) is 70.5 cm³/mol. The number of hydrogen-bond donors (Lipinski definition) is 1. The monoisotopic (exact) mass is 236 g/mol. The molecule has 18 heavy (non-hydrogen) atoms. The maximum Gasteiger partial charge on any atom is 0.141 e.